The van der Waals surface area contributed by atoms with Gasteiger partial charge in [0, 0.05) is 18.7 Å². The number of aryl methyl sites for hydroxylation is 1. The number of hydrogen-bond acceptors (Lipinski definition) is 5. The fourth-order valence-electron chi connectivity index (χ4n) is 3.63. The number of rotatable bonds is 7. The highest BCUT2D eigenvalue weighted by molar-refractivity contribution is 6.46. The van der Waals surface area contributed by atoms with E-state index in [0.29, 0.717) is 24.4 Å². The van der Waals surface area contributed by atoms with E-state index in [1.54, 1.807) is 29.2 Å². The van der Waals surface area contributed by atoms with Gasteiger partial charge in [-0.25, -0.2) is 0 Å². The number of aliphatic hydroxyl groups excluding tert-OH is 1. The molecule has 1 aliphatic heterocycles. The second kappa shape index (κ2) is 9.13. The van der Waals surface area contributed by atoms with Crippen LogP contribution in [-0.4, -0.2) is 60.9 Å². The Labute approximate surface area is 177 Å². The van der Waals surface area contributed by atoms with E-state index in [9.17, 15) is 14.7 Å². The average Bonchev–Trinajstić information content (AvgIpc) is 3.02. The molecule has 1 unspecified atom stereocenters. The van der Waals surface area contributed by atoms with Crippen LogP contribution in [-0.2, 0) is 16.0 Å². The fraction of sp³-hybridized carbons (Fsp3) is 0.333. The summed E-state index contributed by atoms with van der Waals surface area (Å²) in [5.74, 6) is -0.890. The summed E-state index contributed by atoms with van der Waals surface area (Å²) >= 11 is 0. The number of hydrogen-bond donors (Lipinski definition) is 1. The van der Waals surface area contributed by atoms with Crippen LogP contribution < -0.4 is 4.74 Å². The van der Waals surface area contributed by atoms with E-state index in [1.807, 2.05) is 43.3 Å². The zero-order valence-electron chi connectivity index (χ0n) is 17.9. The Morgan fingerprint density at radius 3 is 2.43 bits per heavy atom. The predicted molar refractivity (Wildman–Crippen MR) is 116 cm³/mol. The van der Waals surface area contributed by atoms with Gasteiger partial charge in [-0.2, -0.15) is 0 Å². The van der Waals surface area contributed by atoms with Gasteiger partial charge < -0.3 is 19.6 Å². The smallest absolute Gasteiger partial charge is 0.295 e. The summed E-state index contributed by atoms with van der Waals surface area (Å²) in [5.41, 5.74) is 2.51. The van der Waals surface area contributed by atoms with Gasteiger partial charge in [0.2, 0.25) is 0 Å². The number of ketones is 1. The van der Waals surface area contributed by atoms with Gasteiger partial charge in [-0.05, 0) is 43.8 Å². The van der Waals surface area contributed by atoms with E-state index in [4.69, 9.17) is 4.74 Å². The summed E-state index contributed by atoms with van der Waals surface area (Å²) < 4.78 is 5.24. The molecule has 6 heteroatoms. The van der Waals surface area contributed by atoms with Crippen molar-refractivity contribution in [1.82, 2.24) is 9.80 Å². The van der Waals surface area contributed by atoms with Crippen LogP contribution in [0, 0.1) is 0 Å². The Bertz CT molecular complexity index is 963. The molecule has 2 aromatic rings. The lowest BCUT2D eigenvalue weighted by Gasteiger charge is -2.26. The van der Waals surface area contributed by atoms with Crippen molar-refractivity contribution in [2.45, 2.75) is 19.4 Å². The molecule has 0 saturated carbocycles. The first-order valence-electron chi connectivity index (χ1n) is 10.0. The number of likely N-dealkylation sites (N-methyl/N-ethyl adjacent to an activating group) is 1. The Morgan fingerprint density at radius 1 is 1.13 bits per heavy atom. The monoisotopic (exact) mass is 408 g/mol. The number of Topliss-reactive ketones (excluding diaryl/α,β-unsaturated/α-hetero) is 1. The summed E-state index contributed by atoms with van der Waals surface area (Å²) in [6.45, 7) is 3.06. The number of carbonyl (C=O) groups is 2. The van der Waals surface area contributed by atoms with Crippen LogP contribution in [0.3, 0.4) is 0 Å². The van der Waals surface area contributed by atoms with Gasteiger partial charge in [0.1, 0.15) is 11.5 Å². The third kappa shape index (κ3) is 4.24. The van der Waals surface area contributed by atoms with Crippen LogP contribution >= 0.6 is 0 Å². The number of aliphatic hydroxyl groups is 1. The molecule has 1 saturated heterocycles. The van der Waals surface area contributed by atoms with Gasteiger partial charge in [0.25, 0.3) is 11.7 Å². The molecular formula is C24H28N2O4. The molecular weight excluding hydrogens is 380 g/mol. The van der Waals surface area contributed by atoms with Gasteiger partial charge in [-0.3, -0.25) is 9.59 Å². The molecule has 2 aromatic carbocycles. The highest BCUT2D eigenvalue weighted by atomic mass is 16.5. The van der Waals surface area contributed by atoms with Gasteiger partial charge in [0.15, 0.2) is 0 Å². The Balaban J connectivity index is 2.13. The predicted octanol–water partition coefficient (Wildman–Crippen LogP) is 3.24. The first-order chi connectivity index (χ1) is 14.4. The topological polar surface area (TPSA) is 70.1 Å². The van der Waals surface area contributed by atoms with Crippen LogP contribution in [0.15, 0.2) is 54.1 Å². The van der Waals surface area contributed by atoms with Crippen molar-refractivity contribution in [3.8, 4) is 5.75 Å². The summed E-state index contributed by atoms with van der Waals surface area (Å²) in [4.78, 5) is 29.4. The maximum absolute atomic E-state index is 13.0. The van der Waals surface area contributed by atoms with E-state index >= 15 is 0 Å². The normalized spacial score (nSPS) is 18.3. The molecule has 0 aromatic heterocycles. The number of amides is 1. The van der Waals surface area contributed by atoms with Crippen molar-refractivity contribution < 1.29 is 19.4 Å². The molecule has 0 bridgehead atoms. The van der Waals surface area contributed by atoms with E-state index in [-0.39, 0.29) is 11.3 Å². The second-order valence-corrected chi connectivity index (χ2v) is 7.62. The largest absolute Gasteiger partial charge is 0.507 e. The maximum Gasteiger partial charge on any atom is 0.295 e. The van der Waals surface area contributed by atoms with Crippen LogP contribution in [0.25, 0.3) is 5.76 Å². The van der Waals surface area contributed by atoms with Gasteiger partial charge in [-0.1, -0.05) is 43.3 Å². The molecule has 1 atom stereocenters. The van der Waals surface area contributed by atoms with Crippen molar-refractivity contribution >= 4 is 17.4 Å². The number of methoxy groups -OCH3 is 1. The minimum absolute atomic E-state index is 0.108. The van der Waals surface area contributed by atoms with E-state index in [1.165, 1.54) is 7.11 Å². The van der Waals surface area contributed by atoms with Crippen LogP contribution in [0.1, 0.15) is 29.7 Å². The minimum Gasteiger partial charge on any atom is -0.507 e. The molecule has 6 nitrogen and oxygen atoms in total. The van der Waals surface area contributed by atoms with E-state index < -0.39 is 17.7 Å². The molecule has 1 fully saturated rings. The lowest BCUT2D eigenvalue weighted by Crippen LogP contribution is -2.35. The van der Waals surface area contributed by atoms with Gasteiger partial charge in [-0.15, -0.1) is 0 Å². The highest BCUT2D eigenvalue weighted by Crippen LogP contribution is 2.39. The van der Waals surface area contributed by atoms with Crippen LogP contribution in [0.2, 0.25) is 0 Å². The van der Waals surface area contributed by atoms with Gasteiger partial charge >= 0.3 is 0 Å². The number of carbonyl (C=O) groups excluding carboxylic acids is 2. The summed E-state index contributed by atoms with van der Waals surface area (Å²) in [6.07, 6.45) is 0.894. The summed E-state index contributed by atoms with van der Waals surface area (Å²) in [7, 11) is 5.37. The lowest BCUT2D eigenvalue weighted by molar-refractivity contribution is -0.140. The molecule has 30 heavy (non-hydrogen) atoms. The zero-order chi connectivity index (χ0) is 21.8. The summed E-state index contributed by atoms with van der Waals surface area (Å²) in [5, 5.41) is 11.1. The molecule has 158 valence electrons. The molecule has 3 rings (SSSR count). The highest BCUT2D eigenvalue weighted by Gasteiger charge is 2.45. The number of likely N-dealkylation sites (tertiary alicyclic amines) is 1. The lowest BCUT2D eigenvalue weighted by atomic mass is 9.94. The summed E-state index contributed by atoms with van der Waals surface area (Å²) in [6, 6.07) is 14.0. The third-order valence-corrected chi connectivity index (χ3v) is 5.37. The van der Waals surface area contributed by atoms with Gasteiger partial charge in [0.05, 0.1) is 18.7 Å². The number of benzene rings is 2. The van der Waals surface area contributed by atoms with E-state index in [2.05, 4.69) is 6.92 Å². The zero-order valence-corrected chi connectivity index (χ0v) is 17.9. The molecule has 0 aliphatic carbocycles. The molecule has 0 spiro atoms. The fourth-order valence-corrected chi connectivity index (χ4v) is 3.63. The second-order valence-electron chi connectivity index (χ2n) is 7.62. The van der Waals surface area contributed by atoms with Crippen molar-refractivity contribution in [2.75, 3.05) is 34.3 Å². The van der Waals surface area contributed by atoms with Crippen molar-refractivity contribution in [3.05, 3.63) is 70.8 Å². The Hall–Kier alpha value is -3.12. The van der Waals surface area contributed by atoms with E-state index in [0.717, 1.165) is 17.5 Å². The molecule has 1 heterocycles. The SMILES string of the molecule is CCc1ccc(C2/C(=C(/O)c3cccc(OC)c3)C(=O)C(=O)N2CCN(C)C)cc1. The quantitative estimate of drug-likeness (QED) is 0.433. The van der Waals surface area contributed by atoms with Crippen LogP contribution in [0.5, 0.6) is 5.75 Å². The van der Waals surface area contributed by atoms with Crippen molar-refractivity contribution in [1.29, 1.82) is 0 Å². The molecule has 1 aliphatic rings. The Morgan fingerprint density at radius 2 is 1.83 bits per heavy atom. The Kier molecular flexibility index (Phi) is 6.57. The maximum atomic E-state index is 13.0. The third-order valence-electron chi connectivity index (χ3n) is 5.37. The molecule has 0 radical (unpaired) electrons. The first-order valence-corrected chi connectivity index (χ1v) is 10.0. The van der Waals surface area contributed by atoms with Crippen LogP contribution in [0.4, 0.5) is 0 Å². The molecule has 1 N–H and O–H groups in total. The number of nitrogens with zero attached hydrogens (tertiary/aromatic N) is 2. The standard InChI is InChI=1S/C24H28N2O4/c1-5-16-9-11-17(12-10-16)21-20(22(27)18-7-6-8-19(15-18)30-4)23(28)24(29)26(21)14-13-25(2)3/h6-12,15,21,27H,5,13-14H2,1-4H3/b22-20-. The number of ether oxygens (including phenoxy) is 1. The minimum atomic E-state index is -0.668. The average molecular weight is 408 g/mol. The van der Waals surface area contributed by atoms with Crippen molar-refractivity contribution in [3.63, 3.8) is 0 Å². The first kappa shape index (κ1) is 21.6. The van der Waals surface area contributed by atoms with Crippen molar-refractivity contribution in [2.24, 2.45) is 0 Å². The molecule has 1 amide bonds.